The lowest BCUT2D eigenvalue weighted by atomic mass is 9.85. The van der Waals surface area contributed by atoms with E-state index in [1.807, 2.05) is 0 Å². The first-order chi connectivity index (χ1) is 7.86. The number of aryl methyl sites for hydroxylation is 1. The fraction of sp³-hybridized carbons (Fsp3) is 0.600. The monoisotopic (exact) mass is 234 g/mol. The van der Waals surface area contributed by atoms with Crippen LogP contribution in [0.4, 0.5) is 0 Å². The topological polar surface area (TPSA) is 29.3 Å². The minimum absolute atomic E-state index is 0.214. The minimum atomic E-state index is 0.214. The smallest absolute Gasteiger partial charge is 0.0267 e. The molecule has 0 heterocycles. The lowest BCUT2D eigenvalue weighted by Crippen LogP contribution is -2.46. The van der Waals surface area contributed by atoms with Crippen LogP contribution in [0.5, 0.6) is 0 Å². The molecule has 2 nitrogen and oxygen atoms in total. The van der Waals surface area contributed by atoms with Gasteiger partial charge in [0, 0.05) is 19.1 Å². The largest absolute Gasteiger partial charge is 0.329 e. The van der Waals surface area contributed by atoms with Gasteiger partial charge in [-0.05, 0) is 30.5 Å². The Balaban J connectivity index is 2.78. The molecule has 0 fully saturated rings. The molecule has 96 valence electrons. The van der Waals surface area contributed by atoms with E-state index in [0.29, 0.717) is 12.6 Å². The van der Waals surface area contributed by atoms with Crippen molar-refractivity contribution in [2.45, 2.75) is 40.3 Å². The Morgan fingerprint density at radius 2 is 1.82 bits per heavy atom. The zero-order chi connectivity index (χ0) is 13.1. The van der Waals surface area contributed by atoms with Gasteiger partial charge >= 0.3 is 0 Å². The number of nitrogens with zero attached hydrogens (tertiary/aromatic N) is 1. The average molecular weight is 234 g/mol. The van der Waals surface area contributed by atoms with E-state index in [2.05, 4.69) is 63.9 Å². The van der Waals surface area contributed by atoms with E-state index < -0.39 is 0 Å². The van der Waals surface area contributed by atoms with Crippen LogP contribution in [0.15, 0.2) is 24.3 Å². The summed E-state index contributed by atoms with van der Waals surface area (Å²) in [6, 6.07) is 8.95. The summed E-state index contributed by atoms with van der Waals surface area (Å²) in [5.74, 6) is 0. The molecule has 0 aliphatic rings. The van der Waals surface area contributed by atoms with Gasteiger partial charge < -0.3 is 5.73 Å². The Labute approximate surface area is 106 Å². The van der Waals surface area contributed by atoms with Gasteiger partial charge in [-0.2, -0.15) is 0 Å². The Kier molecular flexibility index (Phi) is 4.72. The van der Waals surface area contributed by atoms with Crippen molar-refractivity contribution in [2.75, 3.05) is 13.6 Å². The summed E-state index contributed by atoms with van der Waals surface area (Å²) < 4.78 is 0. The van der Waals surface area contributed by atoms with Gasteiger partial charge in [0.2, 0.25) is 0 Å². The fourth-order valence-corrected chi connectivity index (χ4v) is 2.36. The zero-order valence-corrected chi connectivity index (χ0v) is 11.8. The summed E-state index contributed by atoms with van der Waals surface area (Å²) in [6.07, 6.45) is 0. The average Bonchev–Trinajstić information content (AvgIpc) is 2.20. The molecule has 0 bridgehead atoms. The van der Waals surface area contributed by atoms with Crippen molar-refractivity contribution in [1.82, 2.24) is 4.90 Å². The third kappa shape index (κ3) is 3.83. The number of hydrogen-bond donors (Lipinski definition) is 1. The standard InChI is InChI=1S/C15H26N2/c1-12-8-6-7-9-13(12)11-17(5)14(10-16)15(2,3)4/h6-9,14H,10-11,16H2,1-5H3. The van der Waals surface area contributed by atoms with E-state index in [0.717, 1.165) is 6.54 Å². The lowest BCUT2D eigenvalue weighted by molar-refractivity contribution is 0.125. The summed E-state index contributed by atoms with van der Waals surface area (Å²) in [4.78, 5) is 2.36. The van der Waals surface area contributed by atoms with Gasteiger partial charge in [0.05, 0.1) is 0 Å². The van der Waals surface area contributed by atoms with Crippen molar-refractivity contribution >= 4 is 0 Å². The Morgan fingerprint density at radius 3 is 2.29 bits per heavy atom. The van der Waals surface area contributed by atoms with Crippen molar-refractivity contribution < 1.29 is 0 Å². The minimum Gasteiger partial charge on any atom is -0.329 e. The van der Waals surface area contributed by atoms with Crippen LogP contribution in [-0.4, -0.2) is 24.5 Å². The van der Waals surface area contributed by atoms with Crippen LogP contribution in [0, 0.1) is 12.3 Å². The third-order valence-electron chi connectivity index (χ3n) is 3.44. The molecule has 0 aromatic heterocycles. The molecule has 1 aromatic carbocycles. The number of nitrogens with two attached hydrogens (primary N) is 1. The predicted molar refractivity (Wildman–Crippen MR) is 74.9 cm³/mol. The van der Waals surface area contributed by atoms with Gasteiger partial charge in [0.1, 0.15) is 0 Å². The van der Waals surface area contributed by atoms with E-state index in [9.17, 15) is 0 Å². The molecule has 17 heavy (non-hydrogen) atoms. The maximum atomic E-state index is 5.91. The second-order valence-corrected chi connectivity index (χ2v) is 5.96. The number of rotatable bonds is 4. The molecule has 2 heteroatoms. The van der Waals surface area contributed by atoms with Gasteiger partial charge in [0.25, 0.3) is 0 Å². The van der Waals surface area contributed by atoms with Crippen LogP contribution in [0.3, 0.4) is 0 Å². The molecule has 0 radical (unpaired) electrons. The van der Waals surface area contributed by atoms with E-state index >= 15 is 0 Å². The van der Waals surface area contributed by atoms with Gasteiger partial charge in [-0.15, -0.1) is 0 Å². The van der Waals surface area contributed by atoms with E-state index in [-0.39, 0.29) is 5.41 Å². The SMILES string of the molecule is Cc1ccccc1CN(C)C(CN)C(C)(C)C. The third-order valence-corrected chi connectivity index (χ3v) is 3.44. The molecule has 1 aromatic rings. The van der Waals surface area contributed by atoms with Crippen molar-refractivity contribution in [3.63, 3.8) is 0 Å². The van der Waals surface area contributed by atoms with Crippen LogP contribution in [-0.2, 0) is 6.54 Å². The van der Waals surface area contributed by atoms with Crippen LogP contribution >= 0.6 is 0 Å². The van der Waals surface area contributed by atoms with Crippen LogP contribution in [0.25, 0.3) is 0 Å². The molecular formula is C15H26N2. The van der Waals surface area contributed by atoms with E-state index in [1.165, 1.54) is 11.1 Å². The summed E-state index contributed by atoms with van der Waals surface area (Å²) in [5, 5.41) is 0. The molecule has 1 rings (SSSR count). The summed E-state index contributed by atoms with van der Waals surface area (Å²) in [6.45, 7) is 10.6. The van der Waals surface area contributed by atoms with Gasteiger partial charge in [0.15, 0.2) is 0 Å². The highest BCUT2D eigenvalue weighted by Crippen LogP contribution is 2.24. The second-order valence-electron chi connectivity index (χ2n) is 5.96. The van der Waals surface area contributed by atoms with Crippen LogP contribution in [0.2, 0.25) is 0 Å². The highest BCUT2D eigenvalue weighted by atomic mass is 15.1. The number of hydrogen-bond acceptors (Lipinski definition) is 2. The lowest BCUT2D eigenvalue weighted by Gasteiger charge is -2.37. The molecular weight excluding hydrogens is 208 g/mol. The number of likely N-dealkylation sites (N-methyl/N-ethyl adjacent to an activating group) is 1. The molecule has 2 N–H and O–H groups in total. The molecule has 0 spiro atoms. The van der Waals surface area contributed by atoms with Crippen molar-refractivity contribution in [3.05, 3.63) is 35.4 Å². The number of benzene rings is 1. The second kappa shape index (κ2) is 5.65. The first-order valence-electron chi connectivity index (χ1n) is 6.31. The van der Waals surface area contributed by atoms with Gasteiger partial charge in [-0.3, -0.25) is 4.90 Å². The summed E-state index contributed by atoms with van der Waals surface area (Å²) in [7, 11) is 2.16. The van der Waals surface area contributed by atoms with Gasteiger partial charge in [-0.25, -0.2) is 0 Å². The van der Waals surface area contributed by atoms with Crippen molar-refractivity contribution in [2.24, 2.45) is 11.1 Å². The quantitative estimate of drug-likeness (QED) is 0.868. The summed E-state index contributed by atoms with van der Waals surface area (Å²) >= 11 is 0. The highest BCUT2D eigenvalue weighted by Gasteiger charge is 2.26. The maximum Gasteiger partial charge on any atom is 0.0267 e. The molecule has 1 unspecified atom stereocenters. The molecule has 0 amide bonds. The Morgan fingerprint density at radius 1 is 1.24 bits per heavy atom. The van der Waals surface area contributed by atoms with E-state index in [1.54, 1.807) is 0 Å². The van der Waals surface area contributed by atoms with Gasteiger partial charge in [-0.1, -0.05) is 45.0 Å². The Hall–Kier alpha value is -0.860. The highest BCUT2D eigenvalue weighted by molar-refractivity contribution is 5.25. The van der Waals surface area contributed by atoms with Crippen LogP contribution < -0.4 is 5.73 Å². The van der Waals surface area contributed by atoms with Crippen LogP contribution in [0.1, 0.15) is 31.9 Å². The van der Waals surface area contributed by atoms with Crippen molar-refractivity contribution in [1.29, 1.82) is 0 Å². The summed E-state index contributed by atoms with van der Waals surface area (Å²) in [5.41, 5.74) is 8.86. The molecule has 0 aliphatic heterocycles. The normalized spacial score (nSPS) is 14.1. The maximum absolute atomic E-state index is 5.91. The van der Waals surface area contributed by atoms with E-state index in [4.69, 9.17) is 5.73 Å². The first-order valence-corrected chi connectivity index (χ1v) is 6.31. The molecule has 0 saturated carbocycles. The Bertz CT molecular complexity index is 352. The molecule has 0 saturated heterocycles. The molecule has 0 aliphatic carbocycles. The predicted octanol–water partition coefficient (Wildman–Crippen LogP) is 2.80. The fourth-order valence-electron chi connectivity index (χ4n) is 2.36. The van der Waals surface area contributed by atoms with Crippen molar-refractivity contribution in [3.8, 4) is 0 Å². The molecule has 1 atom stereocenters. The first kappa shape index (κ1) is 14.2. The zero-order valence-electron chi connectivity index (χ0n) is 11.8.